The maximum absolute atomic E-state index is 12.8. The van der Waals surface area contributed by atoms with Crippen LogP contribution in [0.2, 0.25) is 0 Å². The molecule has 1 aliphatic carbocycles. The number of nitrogens with zero attached hydrogens (tertiary/aromatic N) is 3. The van der Waals surface area contributed by atoms with E-state index in [4.69, 9.17) is 5.11 Å². The minimum Gasteiger partial charge on any atom is -0.481 e. The summed E-state index contributed by atoms with van der Waals surface area (Å²) in [6.45, 7) is 0.308. The zero-order chi connectivity index (χ0) is 17.9. The third kappa shape index (κ3) is 4.23. The second-order valence-electron chi connectivity index (χ2n) is 6.21. The van der Waals surface area contributed by atoms with Gasteiger partial charge in [-0.15, -0.1) is 0 Å². The third-order valence-corrected chi connectivity index (χ3v) is 6.08. The Bertz CT molecular complexity index is 828. The minimum absolute atomic E-state index is 0.214. The fourth-order valence-corrected chi connectivity index (χ4v) is 4.66. The van der Waals surface area contributed by atoms with Crippen molar-refractivity contribution < 1.29 is 18.3 Å². The maximum Gasteiger partial charge on any atom is 0.306 e. The highest BCUT2D eigenvalue weighted by Gasteiger charge is 2.29. The molecule has 1 aromatic heterocycles. The molecule has 0 spiro atoms. The molecule has 9 heteroatoms. The lowest BCUT2D eigenvalue weighted by Gasteiger charge is -2.27. The molecule has 1 saturated carbocycles. The first-order chi connectivity index (χ1) is 12.0. The third-order valence-electron chi connectivity index (χ3n) is 4.46. The number of carboxylic acid groups (broad SMARTS) is 1. The zero-order valence-electron chi connectivity index (χ0n) is 13.6. The van der Waals surface area contributed by atoms with E-state index in [0.717, 1.165) is 0 Å². The van der Waals surface area contributed by atoms with Crippen molar-refractivity contribution in [2.45, 2.75) is 43.2 Å². The summed E-state index contributed by atoms with van der Waals surface area (Å²) in [5.74, 6) is -1.18. The first-order valence-electron chi connectivity index (χ1n) is 8.11. The summed E-state index contributed by atoms with van der Waals surface area (Å²) in [5.41, 5.74) is 0.625. The van der Waals surface area contributed by atoms with Gasteiger partial charge in [-0.05, 0) is 37.3 Å². The molecule has 0 unspecified atom stereocenters. The molecular formula is C16H20N4O4S. The van der Waals surface area contributed by atoms with Gasteiger partial charge in [0.15, 0.2) is 0 Å². The normalized spacial score (nSPS) is 21.1. The van der Waals surface area contributed by atoms with Gasteiger partial charge in [0, 0.05) is 6.04 Å². The van der Waals surface area contributed by atoms with Crippen LogP contribution in [-0.4, -0.2) is 40.3 Å². The molecule has 25 heavy (non-hydrogen) atoms. The lowest BCUT2D eigenvalue weighted by molar-refractivity contribution is -0.142. The van der Waals surface area contributed by atoms with Crippen LogP contribution in [0.3, 0.4) is 0 Å². The number of carbonyl (C=O) groups is 1. The number of aromatic nitrogens is 3. The number of hydrogen-bond acceptors (Lipinski definition) is 5. The molecule has 1 aromatic carbocycles. The largest absolute Gasteiger partial charge is 0.481 e. The molecular weight excluding hydrogens is 344 g/mol. The van der Waals surface area contributed by atoms with Gasteiger partial charge < -0.3 is 5.11 Å². The van der Waals surface area contributed by atoms with Crippen LogP contribution in [0.1, 0.15) is 31.2 Å². The molecule has 2 N–H and O–H groups in total. The number of hydrogen-bond donors (Lipinski definition) is 2. The molecule has 3 rings (SSSR count). The molecule has 0 saturated heterocycles. The highest BCUT2D eigenvalue weighted by atomic mass is 32.2. The number of carboxylic acids is 1. The summed E-state index contributed by atoms with van der Waals surface area (Å²) < 4.78 is 29.9. The summed E-state index contributed by atoms with van der Waals surface area (Å²) in [5, 5.41) is 13.1. The standard InChI is InChI=1S/C16H20N4O4S/c21-16(22)12-5-7-14(8-6-12)19-25(23,24)15-4-2-1-3-13(15)9-20-11-17-10-18-20/h1-4,10-12,14,19H,5-9H2,(H,21,22). The number of benzene rings is 1. The van der Waals surface area contributed by atoms with E-state index < -0.39 is 16.0 Å². The van der Waals surface area contributed by atoms with Gasteiger partial charge in [0.2, 0.25) is 10.0 Å². The maximum atomic E-state index is 12.8. The molecule has 1 aliphatic rings. The second kappa shape index (κ2) is 7.32. The van der Waals surface area contributed by atoms with Crippen molar-refractivity contribution in [1.82, 2.24) is 19.5 Å². The van der Waals surface area contributed by atoms with Crippen molar-refractivity contribution in [3.63, 3.8) is 0 Å². The number of aliphatic carboxylic acids is 1. The molecule has 134 valence electrons. The van der Waals surface area contributed by atoms with E-state index in [1.54, 1.807) is 28.9 Å². The Labute approximate surface area is 145 Å². The lowest BCUT2D eigenvalue weighted by Crippen LogP contribution is -2.39. The topological polar surface area (TPSA) is 114 Å². The summed E-state index contributed by atoms with van der Waals surface area (Å²) in [6, 6.07) is 6.54. The Morgan fingerprint density at radius 3 is 2.60 bits per heavy atom. The molecule has 0 amide bonds. The monoisotopic (exact) mass is 364 g/mol. The highest BCUT2D eigenvalue weighted by molar-refractivity contribution is 7.89. The van der Waals surface area contributed by atoms with Crippen LogP contribution in [0.15, 0.2) is 41.8 Å². The van der Waals surface area contributed by atoms with Crippen LogP contribution < -0.4 is 4.72 Å². The van der Waals surface area contributed by atoms with E-state index in [2.05, 4.69) is 14.8 Å². The fourth-order valence-electron chi connectivity index (χ4n) is 3.13. The molecule has 0 aliphatic heterocycles. The van der Waals surface area contributed by atoms with E-state index in [0.29, 0.717) is 37.8 Å². The van der Waals surface area contributed by atoms with E-state index in [1.807, 2.05) is 0 Å². The predicted molar refractivity (Wildman–Crippen MR) is 89.3 cm³/mol. The van der Waals surface area contributed by atoms with E-state index in [-0.39, 0.29) is 16.9 Å². The average Bonchev–Trinajstić information content (AvgIpc) is 3.08. The first-order valence-corrected chi connectivity index (χ1v) is 9.59. The van der Waals surface area contributed by atoms with Crippen molar-refractivity contribution >= 4 is 16.0 Å². The van der Waals surface area contributed by atoms with E-state index in [1.165, 1.54) is 12.7 Å². The van der Waals surface area contributed by atoms with E-state index >= 15 is 0 Å². The average molecular weight is 364 g/mol. The molecule has 1 heterocycles. The van der Waals surface area contributed by atoms with Crippen molar-refractivity contribution in [2.75, 3.05) is 0 Å². The highest BCUT2D eigenvalue weighted by Crippen LogP contribution is 2.26. The Morgan fingerprint density at radius 2 is 1.96 bits per heavy atom. The van der Waals surface area contributed by atoms with Crippen LogP contribution in [-0.2, 0) is 21.4 Å². The Hall–Kier alpha value is -2.26. The molecule has 8 nitrogen and oxygen atoms in total. The quantitative estimate of drug-likeness (QED) is 0.797. The summed E-state index contributed by atoms with van der Waals surface area (Å²) in [7, 11) is -3.69. The molecule has 0 radical (unpaired) electrons. The molecule has 0 atom stereocenters. The van der Waals surface area contributed by atoms with Gasteiger partial charge in [-0.1, -0.05) is 18.2 Å². The van der Waals surface area contributed by atoms with Gasteiger partial charge in [0.25, 0.3) is 0 Å². The van der Waals surface area contributed by atoms with Gasteiger partial charge in [0.05, 0.1) is 17.4 Å². The molecule has 1 fully saturated rings. The number of sulfonamides is 1. The van der Waals surface area contributed by atoms with Gasteiger partial charge in [-0.2, -0.15) is 5.10 Å². The number of rotatable bonds is 6. The van der Waals surface area contributed by atoms with Crippen molar-refractivity contribution in [3.8, 4) is 0 Å². The second-order valence-corrected chi connectivity index (χ2v) is 7.89. The zero-order valence-corrected chi connectivity index (χ0v) is 14.4. The van der Waals surface area contributed by atoms with Crippen LogP contribution in [0.4, 0.5) is 0 Å². The predicted octanol–water partition coefficient (Wildman–Crippen LogP) is 1.25. The van der Waals surface area contributed by atoms with Gasteiger partial charge in [0.1, 0.15) is 12.7 Å². The Kier molecular flexibility index (Phi) is 5.14. The summed E-state index contributed by atoms with van der Waals surface area (Å²) >= 11 is 0. The smallest absolute Gasteiger partial charge is 0.306 e. The van der Waals surface area contributed by atoms with Crippen LogP contribution in [0.25, 0.3) is 0 Å². The minimum atomic E-state index is -3.69. The lowest BCUT2D eigenvalue weighted by atomic mass is 9.87. The van der Waals surface area contributed by atoms with Crippen LogP contribution in [0.5, 0.6) is 0 Å². The SMILES string of the molecule is O=C(O)C1CCC(NS(=O)(=O)c2ccccc2Cn2cncn2)CC1. The van der Waals surface area contributed by atoms with Gasteiger partial charge in [-0.3, -0.25) is 4.79 Å². The van der Waals surface area contributed by atoms with E-state index in [9.17, 15) is 13.2 Å². The van der Waals surface area contributed by atoms with Gasteiger partial charge in [-0.25, -0.2) is 22.8 Å². The Balaban J connectivity index is 1.73. The summed E-state index contributed by atoms with van der Waals surface area (Å²) in [4.78, 5) is 15.1. The fraction of sp³-hybridized carbons (Fsp3) is 0.438. The summed E-state index contributed by atoms with van der Waals surface area (Å²) in [6.07, 6.45) is 4.97. The first kappa shape index (κ1) is 17.6. The van der Waals surface area contributed by atoms with Crippen molar-refractivity contribution in [3.05, 3.63) is 42.5 Å². The Morgan fingerprint density at radius 1 is 1.24 bits per heavy atom. The van der Waals surface area contributed by atoms with Crippen LogP contribution >= 0.6 is 0 Å². The number of nitrogens with one attached hydrogen (secondary N) is 1. The molecule has 0 bridgehead atoms. The van der Waals surface area contributed by atoms with Crippen molar-refractivity contribution in [1.29, 1.82) is 0 Å². The van der Waals surface area contributed by atoms with Crippen molar-refractivity contribution in [2.24, 2.45) is 5.92 Å². The molecule has 2 aromatic rings. The van der Waals surface area contributed by atoms with Crippen LogP contribution in [0, 0.1) is 5.92 Å². The van der Waals surface area contributed by atoms with Gasteiger partial charge >= 0.3 is 5.97 Å².